The van der Waals surface area contributed by atoms with Crippen molar-refractivity contribution in [2.75, 3.05) is 31.1 Å². The number of rotatable bonds is 4. The van der Waals surface area contributed by atoms with Gasteiger partial charge in [0, 0.05) is 43.2 Å². The number of hydrogen-bond acceptors (Lipinski definition) is 7. The van der Waals surface area contributed by atoms with Gasteiger partial charge in [0.25, 0.3) is 11.6 Å². The number of benzene rings is 3. The van der Waals surface area contributed by atoms with Crippen molar-refractivity contribution in [3.05, 3.63) is 94.0 Å². The third kappa shape index (κ3) is 3.92. The molecule has 1 saturated heterocycles. The van der Waals surface area contributed by atoms with Crippen LogP contribution in [-0.2, 0) is 0 Å². The van der Waals surface area contributed by atoms with Crippen molar-refractivity contribution in [3.8, 4) is 11.4 Å². The van der Waals surface area contributed by atoms with E-state index in [0.29, 0.717) is 54.7 Å². The minimum absolute atomic E-state index is 0.00450. The molecule has 0 bridgehead atoms. The van der Waals surface area contributed by atoms with Crippen LogP contribution in [0.15, 0.2) is 72.8 Å². The predicted octanol–water partition coefficient (Wildman–Crippen LogP) is 4.12. The topological polar surface area (TPSA) is 110 Å². The molecule has 37 heavy (non-hydrogen) atoms. The van der Waals surface area contributed by atoms with E-state index in [1.165, 1.54) is 6.07 Å². The second kappa shape index (κ2) is 8.98. The Morgan fingerprint density at radius 2 is 1.68 bits per heavy atom. The lowest BCUT2D eigenvalue weighted by Crippen LogP contribution is -2.49. The largest absolute Gasteiger partial charge is 0.338 e. The first-order valence-corrected chi connectivity index (χ1v) is 12.0. The number of nitro benzene ring substituents is 1. The molecule has 3 aromatic carbocycles. The maximum atomic E-state index is 13.1. The highest BCUT2D eigenvalue weighted by atomic mass is 16.6. The zero-order valence-corrected chi connectivity index (χ0v) is 20.1. The minimum Gasteiger partial charge on any atom is -0.338 e. The number of aromatic nitrogens is 4. The monoisotopic (exact) mass is 493 g/mol. The van der Waals surface area contributed by atoms with Crippen LogP contribution < -0.4 is 4.90 Å². The molecule has 0 aliphatic carbocycles. The van der Waals surface area contributed by atoms with Gasteiger partial charge in [0.2, 0.25) is 5.95 Å². The molecule has 2 aromatic heterocycles. The Hall–Kier alpha value is -4.86. The van der Waals surface area contributed by atoms with Crippen LogP contribution in [0.25, 0.3) is 27.9 Å². The van der Waals surface area contributed by atoms with Crippen LogP contribution in [0.1, 0.15) is 15.9 Å². The summed E-state index contributed by atoms with van der Waals surface area (Å²) < 4.78 is 1.79. The second-order valence-electron chi connectivity index (χ2n) is 9.03. The van der Waals surface area contributed by atoms with E-state index in [9.17, 15) is 14.9 Å². The number of fused-ring (bicyclic) bond motifs is 3. The molecule has 1 fully saturated rings. The van der Waals surface area contributed by atoms with Gasteiger partial charge in [-0.15, -0.1) is 10.2 Å². The molecule has 0 N–H and O–H groups in total. The van der Waals surface area contributed by atoms with Crippen LogP contribution in [0.4, 0.5) is 11.6 Å². The first-order chi connectivity index (χ1) is 18.0. The van der Waals surface area contributed by atoms with E-state index >= 15 is 0 Å². The van der Waals surface area contributed by atoms with Crippen LogP contribution >= 0.6 is 0 Å². The molecule has 0 spiro atoms. The van der Waals surface area contributed by atoms with Crippen molar-refractivity contribution >= 4 is 34.1 Å². The van der Waals surface area contributed by atoms with Gasteiger partial charge in [-0.3, -0.25) is 14.9 Å². The number of piperazine rings is 1. The summed E-state index contributed by atoms with van der Waals surface area (Å²) in [4.78, 5) is 33.3. The Balaban J connectivity index is 1.42. The van der Waals surface area contributed by atoms with Gasteiger partial charge in [-0.1, -0.05) is 42.0 Å². The van der Waals surface area contributed by atoms with Gasteiger partial charge in [0.1, 0.15) is 0 Å². The van der Waals surface area contributed by atoms with Gasteiger partial charge in [-0.2, -0.15) is 0 Å². The molecule has 10 nitrogen and oxygen atoms in total. The van der Waals surface area contributed by atoms with Crippen molar-refractivity contribution in [1.82, 2.24) is 24.5 Å². The fourth-order valence-corrected chi connectivity index (χ4v) is 4.84. The summed E-state index contributed by atoms with van der Waals surface area (Å²) in [6.07, 6.45) is 0. The number of anilines is 1. The van der Waals surface area contributed by atoms with Crippen molar-refractivity contribution < 1.29 is 9.72 Å². The summed E-state index contributed by atoms with van der Waals surface area (Å²) in [6, 6.07) is 21.7. The Labute approximate surface area is 211 Å². The molecule has 1 aliphatic rings. The fraction of sp³-hybridized carbons (Fsp3) is 0.185. The molecule has 6 rings (SSSR count). The first-order valence-electron chi connectivity index (χ1n) is 12.0. The number of amides is 1. The normalized spacial score (nSPS) is 13.9. The van der Waals surface area contributed by atoms with E-state index in [-0.39, 0.29) is 11.6 Å². The SMILES string of the molecule is Cc1cccc(C(=O)N2CCN(c3nc4ccccc4c4nnc(-c5ccccc5[N+](=O)[O-])n34)CC2)c1. The lowest BCUT2D eigenvalue weighted by Gasteiger charge is -2.35. The van der Waals surface area contributed by atoms with Crippen LogP contribution in [0.5, 0.6) is 0 Å². The molecule has 0 atom stereocenters. The zero-order chi connectivity index (χ0) is 25.5. The fourth-order valence-electron chi connectivity index (χ4n) is 4.84. The van der Waals surface area contributed by atoms with E-state index < -0.39 is 4.92 Å². The van der Waals surface area contributed by atoms with E-state index in [2.05, 4.69) is 15.1 Å². The average Bonchev–Trinajstić information content (AvgIpc) is 3.38. The maximum Gasteiger partial charge on any atom is 0.280 e. The Morgan fingerprint density at radius 1 is 0.919 bits per heavy atom. The summed E-state index contributed by atoms with van der Waals surface area (Å²) >= 11 is 0. The number of hydrogen-bond donors (Lipinski definition) is 0. The molecule has 0 unspecified atom stereocenters. The molecule has 1 amide bonds. The van der Waals surface area contributed by atoms with E-state index in [1.807, 2.05) is 60.4 Å². The van der Waals surface area contributed by atoms with Gasteiger partial charge in [0.05, 0.1) is 16.0 Å². The maximum absolute atomic E-state index is 13.1. The molecule has 0 radical (unpaired) electrons. The van der Waals surface area contributed by atoms with Crippen molar-refractivity contribution in [2.24, 2.45) is 0 Å². The van der Waals surface area contributed by atoms with Crippen LogP contribution in [0.2, 0.25) is 0 Å². The van der Waals surface area contributed by atoms with Crippen molar-refractivity contribution in [3.63, 3.8) is 0 Å². The Morgan fingerprint density at radius 3 is 2.46 bits per heavy atom. The highest BCUT2D eigenvalue weighted by Crippen LogP contribution is 2.33. The van der Waals surface area contributed by atoms with E-state index in [0.717, 1.165) is 16.5 Å². The van der Waals surface area contributed by atoms with Gasteiger partial charge < -0.3 is 9.80 Å². The number of carbonyl (C=O) groups is 1. The van der Waals surface area contributed by atoms with Gasteiger partial charge in [-0.05, 0) is 37.3 Å². The number of carbonyl (C=O) groups excluding carboxylic acids is 1. The Kier molecular flexibility index (Phi) is 5.48. The standard InChI is InChI=1S/C27H23N7O3/c1-18-7-6-8-19(17-18)26(35)31-13-15-32(16-14-31)27-28-22-11-4-2-9-20(22)24-29-30-25(33(24)27)21-10-3-5-12-23(21)34(36)37/h2-12,17H,13-16H2,1H3. The molecular weight excluding hydrogens is 470 g/mol. The van der Waals surface area contributed by atoms with E-state index in [1.54, 1.807) is 22.6 Å². The smallest absolute Gasteiger partial charge is 0.280 e. The molecule has 10 heteroatoms. The number of para-hydroxylation sites is 2. The zero-order valence-electron chi connectivity index (χ0n) is 20.1. The average molecular weight is 494 g/mol. The highest BCUT2D eigenvalue weighted by Gasteiger charge is 2.28. The lowest BCUT2D eigenvalue weighted by atomic mass is 10.1. The summed E-state index contributed by atoms with van der Waals surface area (Å²) in [6.45, 7) is 4.11. The number of nitrogens with zero attached hydrogens (tertiary/aromatic N) is 7. The second-order valence-corrected chi connectivity index (χ2v) is 9.03. The predicted molar refractivity (Wildman–Crippen MR) is 140 cm³/mol. The molecule has 5 aromatic rings. The van der Waals surface area contributed by atoms with Crippen LogP contribution in [-0.4, -0.2) is 61.5 Å². The summed E-state index contributed by atoms with van der Waals surface area (Å²) in [5.41, 5.74) is 3.37. The van der Waals surface area contributed by atoms with Crippen molar-refractivity contribution in [2.45, 2.75) is 6.92 Å². The highest BCUT2D eigenvalue weighted by molar-refractivity contribution is 5.95. The Bertz CT molecular complexity index is 1670. The minimum atomic E-state index is -0.416. The third-order valence-corrected chi connectivity index (χ3v) is 6.68. The molecule has 0 saturated carbocycles. The molecular formula is C27H23N7O3. The molecule has 184 valence electrons. The van der Waals surface area contributed by atoms with Gasteiger partial charge >= 0.3 is 0 Å². The summed E-state index contributed by atoms with van der Waals surface area (Å²) in [5.74, 6) is 0.952. The first kappa shape index (κ1) is 22.6. The summed E-state index contributed by atoms with van der Waals surface area (Å²) in [7, 11) is 0. The molecule has 1 aliphatic heterocycles. The third-order valence-electron chi connectivity index (χ3n) is 6.68. The van der Waals surface area contributed by atoms with Crippen LogP contribution in [0, 0.1) is 17.0 Å². The molecule has 3 heterocycles. The quantitative estimate of drug-likeness (QED) is 0.274. The summed E-state index contributed by atoms with van der Waals surface area (Å²) in [5, 5.41) is 21.4. The van der Waals surface area contributed by atoms with Crippen molar-refractivity contribution in [1.29, 1.82) is 0 Å². The number of nitro groups is 1. The van der Waals surface area contributed by atoms with Crippen LogP contribution in [0.3, 0.4) is 0 Å². The van der Waals surface area contributed by atoms with Gasteiger partial charge in [-0.25, -0.2) is 9.38 Å². The van der Waals surface area contributed by atoms with E-state index in [4.69, 9.17) is 4.98 Å². The number of aryl methyl sites for hydroxylation is 1. The lowest BCUT2D eigenvalue weighted by molar-refractivity contribution is -0.384. The van der Waals surface area contributed by atoms with Gasteiger partial charge in [0.15, 0.2) is 11.5 Å².